The molecule has 6 heteroatoms. The second-order valence-electron chi connectivity index (χ2n) is 6.44. The highest BCUT2D eigenvalue weighted by Crippen LogP contribution is 2.24. The van der Waals surface area contributed by atoms with Gasteiger partial charge in [0.2, 0.25) is 5.91 Å². The third-order valence-corrected chi connectivity index (χ3v) is 4.46. The van der Waals surface area contributed by atoms with E-state index in [0.29, 0.717) is 18.0 Å². The maximum Gasteiger partial charge on any atom is 0.242 e. The Hall–Kier alpha value is -2.70. The SMILES string of the molecule is Cc1ccc(C2CC(C(=O)Nc3ccc4oc(C)nc4c3)NN2)cc1. The first-order chi connectivity index (χ1) is 12.1. The summed E-state index contributed by atoms with van der Waals surface area (Å²) < 4.78 is 5.45. The summed E-state index contributed by atoms with van der Waals surface area (Å²) in [4.78, 5) is 16.8. The minimum absolute atomic E-state index is 0.0679. The molecule has 3 aromatic rings. The zero-order valence-corrected chi connectivity index (χ0v) is 14.2. The molecule has 1 aliphatic rings. The number of benzene rings is 2. The predicted molar refractivity (Wildman–Crippen MR) is 96.0 cm³/mol. The van der Waals surface area contributed by atoms with E-state index in [-0.39, 0.29) is 18.0 Å². The minimum Gasteiger partial charge on any atom is -0.441 e. The fourth-order valence-electron chi connectivity index (χ4n) is 3.10. The van der Waals surface area contributed by atoms with Gasteiger partial charge in [0, 0.05) is 18.7 Å². The number of rotatable bonds is 3. The maximum atomic E-state index is 12.5. The largest absolute Gasteiger partial charge is 0.441 e. The fourth-order valence-corrected chi connectivity index (χ4v) is 3.10. The van der Waals surface area contributed by atoms with Crippen molar-refractivity contribution in [2.75, 3.05) is 5.32 Å². The van der Waals surface area contributed by atoms with Crippen LogP contribution in [0.15, 0.2) is 46.9 Å². The Morgan fingerprint density at radius 2 is 1.96 bits per heavy atom. The highest BCUT2D eigenvalue weighted by molar-refractivity contribution is 5.96. The van der Waals surface area contributed by atoms with E-state index in [0.717, 1.165) is 11.1 Å². The van der Waals surface area contributed by atoms with Crippen molar-refractivity contribution >= 4 is 22.7 Å². The van der Waals surface area contributed by atoms with Gasteiger partial charge in [-0.1, -0.05) is 29.8 Å². The van der Waals surface area contributed by atoms with Gasteiger partial charge in [-0.15, -0.1) is 0 Å². The van der Waals surface area contributed by atoms with Gasteiger partial charge in [0.05, 0.1) is 0 Å². The number of nitrogens with one attached hydrogen (secondary N) is 3. The second-order valence-corrected chi connectivity index (χ2v) is 6.44. The number of amides is 1. The number of aromatic nitrogens is 1. The number of carbonyl (C=O) groups excluding carboxylic acids is 1. The highest BCUT2D eigenvalue weighted by atomic mass is 16.3. The Labute approximate surface area is 145 Å². The molecular formula is C19H20N4O2. The maximum absolute atomic E-state index is 12.5. The molecule has 6 nitrogen and oxygen atoms in total. The van der Waals surface area contributed by atoms with Crippen LogP contribution in [0.25, 0.3) is 11.1 Å². The molecule has 128 valence electrons. The van der Waals surface area contributed by atoms with Crippen LogP contribution in [0.3, 0.4) is 0 Å². The van der Waals surface area contributed by atoms with Crippen molar-refractivity contribution in [3.63, 3.8) is 0 Å². The lowest BCUT2D eigenvalue weighted by Crippen LogP contribution is -2.39. The lowest BCUT2D eigenvalue weighted by molar-refractivity contribution is -0.117. The summed E-state index contributed by atoms with van der Waals surface area (Å²) in [5.74, 6) is 0.544. The van der Waals surface area contributed by atoms with E-state index >= 15 is 0 Å². The van der Waals surface area contributed by atoms with E-state index in [2.05, 4.69) is 52.3 Å². The lowest BCUT2D eigenvalue weighted by atomic mass is 10.0. The van der Waals surface area contributed by atoms with Crippen molar-refractivity contribution in [3.05, 3.63) is 59.5 Å². The van der Waals surface area contributed by atoms with Gasteiger partial charge in [-0.25, -0.2) is 15.8 Å². The van der Waals surface area contributed by atoms with Gasteiger partial charge in [-0.05, 0) is 37.1 Å². The number of hydrogen-bond acceptors (Lipinski definition) is 5. The van der Waals surface area contributed by atoms with Crippen LogP contribution >= 0.6 is 0 Å². The van der Waals surface area contributed by atoms with Gasteiger partial charge in [-0.2, -0.15) is 0 Å². The zero-order valence-electron chi connectivity index (χ0n) is 14.2. The van der Waals surface area contributed by atoms with Gasteiger partial charge < -0.3 is 9.73 Å². The third kappa shape index (κ3) is 3.26. The highest BCUT2D eigenvalue weighted by Gasteiger charge is 2.30. The number of hydrogen-bond donors (Lipinski definition) is 3. The molecule has 0 aliphatic carbocycles. The summed E-state index contributed by atoms with van der Waals surface area (Å²) in [5.41, 5.74) is 10.9. The van der Waals surface area contributed by atoms with E-state index in [1.165, 1.54) is 11.1 Å². The molecule has 2 heterocycles. The summed E-state index contributed by atoms with van der Waals surface area (Å²) in [6.45, 7) is 3.87. The lowest BCUT2D eigenvalue weighted by Gasteiger charge is -2.11. The number of fused-ring (bicyclic) bond motifs is 1. The number of hydrazine groups is 1. The Bertz CT molecular complexity index is 917. The fraction of sp³-hybridized carbons (Fsp3) is 0.263. The quantitative estimate of drug-likeness (QED) is 0.685. The normalized spacial score (nSPS) is 20.1. The molecule has 0 bridgehead atoms. The summed E-state index contributed by atoms with van der Waals surface area (Å²) in [5, 5.41) is 2.94. The molecule has 1 fully saturated rings. The first kappa shape index (κ1) is 15.8. The van der Waals surface area contributed by atoms with Crippen LogP contribution in [0.1, 0.15) is 29.5 Å². The third-order valence-electron chi connectivity index (χ3n) is 4.46. The average Bonchev–Trinajstić information content (AvgIpc) is 3.21. The average molecular weight is 336 g/mol. The number of oxazole rings is 1. The molecule has 1 amide bonds. The Morgan fingerprint density at radius 3 is 2.76 bits per heavy atom. The molecule has 1 saturated heterocycles. The van der Waals surface area contributed by atoms with E-state index < -0.39 is 0 Å². The van der Waals surface area contributed by atoms with E-state index in [1.54, 1.807) is 6.92 Å². The number of aryl methyl sites for hydroxylation is 2. The van der Waals surface area contributed by atoms with Crippen LogP contribution in [0.5, 0.6) is 0 Å². The van der Waals surface area contributed by atoms with Gasteiger partial charge in [0.15, 0.2) is 11.5 Å². The van der Waals surface area contributed by atoms with Crippen LogP contribution in [0.2, 0.25) is 0 Å². The molecule has 4 rings (SSSR count). The molecule has 0 saturated carbocycles. The molecule has 1 aliphatic heterocycles. The van der Waals surface area contributed by atoms with Gasteiger partial charge in [-0.3, -0.25) is 4.79 Å². The van der Waals surface area contributed by atoms with E-state index in [1.807, 2.05) is 18.2 Å². The summed E-state index contributed by atoms with van der Waals surface area (Å²) in [6.07, 6.45) is 0.695. The Morgan fingerprint density at radius 1 is 1.16 bits per heavy atom. The molecule has 0 spiro atoms. The van der Waals surface area contributed by atoms with Crippen LogP contribution in [-0.4, -0.2) is 16.9 Å². The van der Waals surface area contributed by atoms with Crippen LogP contribution in [0, 0.1) is 13.8 Å². The molecule has 2 atom stereocenters. The molecule has 3 N–H and O–H groups in total. The van der Waals surface area contributed by atoms with Crippen LogP contribution < -0.4 is 16.2 Å². The van der Waals surface area contributed by atoms with Crippen molar-refractivity contribution < 1.29 is 9.21 Å². The second kappa shape index (κ2) is 6.31. The zero-order chi connectivity index (χ0) is 17.4. The van der Waals surface area contributed by atoms with E-state index in [9.17, 15) is 4.79 Å². The molecule has 2 unspecified atom stereocenters. The first-order valence-corrected chi connectivity index (χ1v) is 8.34. The van der Waals surface area contributed by atoms with Crippen molar-refractivity contribution in [2.45, 2.75) is 32.4 Å². The van der Waals surface area contributed by atoms with Crippen molar-refractivity contribution in [3.8, 4) is 0 Å². The van der Waals surface area contributed by atoms with Crippen molar-refractivity contribution in [2.24, 2.45) is 0 Å². The van der Waals surface area contributed by atoms with Gasteiger partial charge >= 0.3 is 0 Å². The smallest absolute Gasteiger partial charge is 0.242 e. The molecule has 1 aromatic heterocycles. The molecule has 0 radical (unpaired) electrons. The van der Waals surface area contributed by atoms with Crippen LogP contribution in [-0.2, 0) is 4.79 Å². The van der Waals surface area contributed by atoms with E-state index in [4.69, 9.17) is 4.42 Å². The van der Waals surface area contributed by atoms with Crippen molar-refractivity contribution in [1.82, 2.24) is 15.8 Å². The Kier molecular flexibility index (Phi) is 3.99. The minimum atomic E-state index is -0.291. The monoisotopic (exact) mass is 336 g/mol. The summed E-state index contributed by atoms with van der Waals surface area (Å²) >= 11 is 0. The number of carbonyl (C=O) groups is 1. The topological polar surface area (TPSA) is 79.2 Å². The molecular weight excluding hydrogens is 316 g/mol. The summed E-state index contributed by atoms with van der Waals surface area (Å²) in [7, 11) is 0. The molecule has 2 aromatic carbocycles. The number of nitrogens with zero attached hydrogens (tertiary/aromatic N) is 1. The van der Waals surface area contributed by atoms with Gasteiger partial charge in [0.25, 0.3) is 0 Å². The molecule has 25 heavy (non-hydrogen) atoms. The van der Waals surface area contributed by atoms with Crippen LogP contribution in [0.4, 0.5) is 5.69 Å². The number of anilines is 1. The summed E-state index contributed by atoms with van der Waals surface area (Å²) in [6, 6.07) is 13.7. The first-order valence-electron chi connectivity index (χ1n) is 8.34. The Balaban J connectivity index is 1.43. The van der Waals surface area contributed by atoms with Crippen molar-refractivity contribution in [1.29, 1.82) is 0 Å². The standard InChI is InChI=1S/C19H20N4O2/c1-11-3-5-13(6-4-11)15-10-17(23-22-15)19(24)21-14-7-8-18-16(9-14)20-12(2)25-18/h3-9,15,17,22-23H,10H2,1-2H3,(H,21,24). The predicted octanol–water partition coefficient (Wildman–Crippen LogP) is 2.99. The van der Waals surface area contributed by atoms with Gasteiger partial charge in [0.1, 0.15) is 11.6 Å².